The fourth-order valence-corrected chi connectivity index (χ4v) is 2.63. The second kappa shape index (κ2) is 6.44. The Morgan fingerprint density at radius 1 is 1.22 bits per heavy atom. The van der Waals surface area contributed by atoms with E-state index >= 15 is 0 Å². The van der Waals surface area contributed by atoms with Crippen LogP contribution in [0.4, 0.5) is 0 Å². The third-order valence-corrected chi connectivity index (χ3v) is 3.76. The number of para-hydroxylation sites is 2. The molecule has 1 heterocycles. The topological polar surface area (TPSA) is 63.3 Å². The van der Waals surface area contributed by atoms with Crippen LogP contribution in [0.15, 0.2) is 46.9 Å². The third-order valence-electron chi connectivity index (χ3n) is 3.20. The number of hydrogen-bond acceptors (Lipinski definition) is 3. The van der Waals surface area contributed by atoms with Gasteiger partial charge in [0.2, 0.25) is 5.89 Å². The van der Waals surface area contributed by atoms with Crippen molar-refractivity contribution < 1.29 is 14.3 Å². The number of aliphatic carboxylic acids is 1. The number of benzene rings is 2. The molecule has 1 aromatic heterocycles. The minimum absolute atomic E-state index is 0.230. The summed E-state index contributed by atoms with van der Waals surface area (Å²) in [6.45, 7) is 0. The summed E-state index contributed by atoms with van der Waals surface area (Å²) in [7, 11) is 0. The summed E-state index contributed by atoms with van der Waals surface area (Å²) in [5.41, 5.74) is 2.34. The Kier molecular flexibility index (Phi) is 4.37. The number of oxazole rings is 1. The van der Waals surface area contributed by atoms with Gasteiger partial charge in [0, 0.05) is 15.6 Å². The summed E-state index contributed by atoms with van der Waals surface area (Å²) in [6, 6.07) is 12.2. The minimum Gasteiger partial charge on any atom is -0.481 e. The van der Waals surface area contributed by atoms with Crippen LogP contribution < -0.4 is 0 Å². The zero-order valence-electron chi connectivity index (χ0n) is 11.8. The van der Waals surface area contributed by atoms with Crippen LogP contribution in [0.5, 0.6) is 0 Å². The first-order valence-corrected chi connectivity index (χ1v) is 7.52. The van der Waals surface area contributed by atoms with E-state index in [0.29, 0.717) is 32.3 Å². The lowest BCUT2D eigenvalue weighted by Crippen LogP contribution is -1.97. The lowest BCUT2D eigenvalue weighted by atomic mass is 10.1. The fourth-order valence-electron chi connectivity index (χ4n) is 2.17. The molecule has 0 saturated heterocycles. The molecular weight excluding hydrogens is 337 g/mol. The van der Waals surface area contributed by atoms with Crippen molar-refractivity contribution in [3.8, 4) is 0 Å². The third kappa shape index (κ3) is 3.55. The molecule has 116 valence electrons. The predicted molar refractivity (Wildman–Crippen MR) is 90.6 cm³/mol. The summed E-state index contributed by atoms with van der Waals surface area (Å²) < 4.78 is 5.65. The summed E-state index contributed by atoms with van der Waals surface area (Å²) in [6.07, 6.45) is 1.42. The molecule has 0 aliphatic heterocycles. The molecule has 0 fully saturated rings. The van der Waals surface area contributed by atoms with Crippen LogP contribution in [0.25, 0.3) is 22.7 Å². The van der Waals surface area contributed by atoms with E-state index in [1.165, 1.54) is 0 Å². The maximum absolute atomic E-state index is 11.2. The van der Waals surface area contributed by atoms with Gasteiger partial charge in [0.05, 0.1) is 6.42 Å². The second-order valence-corrected chi connectivity index (χ2v) is 5.74. The molecule has 1 N–H and O–H groups in total. The van der Waals surface area contributed by atoms with E-state index < -0.39 is 5.97 Å². The quantitative estimate of drug-likeness (QED) is 0.708. The van der Waals surface area contributed by atoms with Crippen molar-refractivity contribution in [1.82, 2.24) is 4.98 Å². The molecule has 0 atom stereocenters. The Morgan fingerprint density at radius 2 is 2.00 bits per heavy atom. The number of hydrogen-bond donors (Lipinski definition) is 1. The second-order valence-electron chi connectivity index (χ2n) is 4.89. The molecule has 2 aromatic carbocycles. The number of nitrogens with zero attached hydrogens (tertiary/aromatic N) is 1. The number of carbonyl (C=O) groups is 1. The van der Waals surface area contributed by atoms with Crippen LogP contribution in [0.1, 0.15) is 17.9 Å². The van der Waals surface area contributed by atoms with E-state index in [-0.39, 0.29) is 12.3 Å². The highest BCUT2D eigenvalue weighted by Gasteiger charge is 2.15. The van der Waals surface area contributed by atoms with Crippen LogP contribution >= 0.6 is 23.2 Å². The van der Waals surface area contributed by atoms with Crippen LogP contribution in [0, 0.1) is 0 Å². The summed E-state index contributed by atoms with van der Waals surface area (Å²) >= 11 is 12.0. The summed E-state index contributed by atoms with van der Waals surface area (Å²) in [5, 5.41) is 10.1. The maximum atomic E-state index is 11.2. The van der Waals surface area contributed by atoms with E-state index in [0.717, 1.165) is 0 Å². The first-order chi connectivity index (χ1) is 11.0. The lowest BCUT2D eigenvalue weighted by molar-refractivity contribution is -0.135. The van der Waals surface area contributed by atoms with Crippen molar-refractivity contribution in [2.75, 3.05) is 0 Å². The van der Waals surface area contributed by atoms with Crippen LogP contribution in [0.3, 0.4) is 0 Å². The van der Waals surface area contributed by atoms with Gasteiger partial charge in [-0.15, -0.1) is 0 Å². The molecule has 0 unspecified atom stereocenters. The number of carboxylic acids is 1. The number of rotatable bonds is 4. The van der Waals surface area contributed by atoms with Crippen molar-refractivity contribution >= 4 is 51.9 Å². The Morgan fingerprint density at radius 3 is 2.70 bits per heavy atom. The van der Waals surface area contributed by atoms with E-state index in [1.807, 2.05) is 12.1 Å². The van der Waals surface area contributed by atoms with Crippen LogP contribution in [0.2, 0.25) is 10.0 Å². The first-order valence-electron chi connectivity index (χ1n) is 6.76. The van der Waals surface area contributed by atoms with Gasteiger partial charge in [0.25, 0.3) is 0 Å². The molecule has 6 heteroatoms. The van der Waals surface area contributed by atoms with Gasteiger partial charge in [-0.1, -0.05) is 41.4 Å². The molecule has 4 nitrogen and oxygen atoms in total. The van der Waals surface area contributed by atoms with E-state index in [4.69, 9.17) is 32.7 Å². The molecule has 0 radical (unpaired) electrons. The highest BCUT2D eigenvalue weighted by Crippen LogP contribution is 2.29. The average molecular weight is 348 g/mol. The van der Waals surface area contributed by atoms with Crippen LogP contribution in [-0.2, 0) is 4.79 Å². The zero-order chi connectivity index (χ0) is 16.4. The highest BCUT2D eigenvalue weighted by molar-refractivity contribution is 6.35. The lowest BCUT2D eigenvalue weighted by Gasteiger charge is -2.03. The van der Waals surface area contributed by atoms with E-state index in [2.05, 4.69) is 4.98 Å². The van der Waals surface area contributed by atoms with Gasteiger partial charge >= 0.3 is 5.97 Å². The first kappa shape index (κ1) is 15.6. The molecule has 0 aliphatic carbocycles. The molecule has 0 bridgehead atoms. The van der Waals surface area contributed by atoms with Crippen molar-refractivity contribution in [3.05, 3.63) is 64.0 Å². The van der Waals surface area contributed by atoms with Gasteiger partial charge in [-0.3, -0.25) is 4.79 Å². The van der Waals surface area contributed by atoms with Crippen molar-refractivity contribution in [2.24, 2.45) is 0 Å². The number of halogens is 2. The summed E-state index contributed by atoms with van der Waals surface area (Å²) in [4.78, 5) is 15.5. The van der Waals surface area contributed by atoms with E-state index in [9.17, 15) is 4.79 Å². The average Bonchev–Trinajstić information content (AvgIpc) is 2.92. The molecule has 23 heavy (non-hydrogen) atoms. The molecule has 3 rings (SSSR count). The fraction of sp³-hybridized carbons (Fsp3) is 0.0588. The normalized spacial score (nSPS) is 11.8. The number of aromatic nitrogens is 1. The predicted octanol–water partition coefficient (Wildman–Crippen LogP) is 5.15. The highest BCUT2D eigenvalue weighted by atomic mass is 35.5. The number of fused-ring (bicyclic) bond motifs is 1. The van der Waals surface area contributed by atoms with Gasteiger partial charge in [0.15, 0.2) is 5.58 Å². The van der Waals surface area contributed by atoms with E-state index in [1.54, 1.807) is 36.4 Å². The van der Waals surface area contributed by atoms with Gasteiger partial charge < -0.3 is 9.52 Å². The Balaban J connectivity index is 2.09. The van der Waals surface area contributed by atoms with Gasteiger partial charge in [-0.05, 0) is 35.9 Å². The van der Waals surface area contributed by atoms with Crippen LogP contribution in [-0.4, -0.2) is 16.1 Å². The standard InChI is InChI=1S/C17H11Cl2NO3/c18-12-6-5-10(13(19)9-12)7-11(8-16(21)22)17-20-14-3-1-2-4-15(14)23-17/h1-7,9H,8H2,(H,21,22)/b11-7-. The van der Waals surface area contributed by atoms with Gasteiger partial charge in [-0.2, -0.15) is 0 Å². The smallest absolute Gasteiger partial charge is 0.308 e. The molecule has 0 amide bonds. The van der Waals surface area contributed by atoms with Crippen molar-refractivity contribution in [3.63, 3.8) is 0 Å². The maximum Gasteiger partial charge on any atom is 0.308 e. The Hall–Kier alpha value is -2.30. The van der Waals surface area contributed by atoms with Crippen molar-refractivity contribution in [1.29, 1.82) is 0 Å². The molecule has 0 aliphatic rings. The number of carboxylic acid groups (broad SMARTS) is 1. The molecular formula is C17H11Cl2NO3. The Bertz CT molecular complexity index is 882. The zero-order valence-corrected chi connectivity index (χ0v) is 13.3. The largest absolute Gasteiger partial charge is 0.481 e. The molecule has 3 aromatic rings. The Labute approximate surface area is 142 Å². The molecule has 0 saturated carbocycles. The van der Waals surface area contributed by atoms with Gasteiger partial charge in [-0.25, -0.2) is 4.98 Å². The monoisotopic (exact) mass is 347 g/mol. The van der Waals surface area contributed by atoms with Gasteiger partial charge in [0.1, 0.15) is 5.52 Å². The molecule has 0 spiro atoms. The van der Waals surface area contributed by atoms with Crippen molar-refractivity contribution in [2.45, 2.75) is 6.42 Å². The minimum atomic E-state index is -0.983. The summed E-state index contributed by atoms with van der Waals surface area (Å²) in [5.74, 6) is -0.719. The SMILES string of the molecule is O=C(O)C/C(=C/c1ccc(Cl)cc1Cl)c1nc2ccccc2o1.